The van der Waals surface area contributed by atoms with Crippen molar-refractivity contribution in [1.29, 1.82) is 0 Å². The van der Waals surface area contributed by atoms with Crippen molar-refractivity contribution in [1.82, 2.24) is 10.6 Å². The molecule has 5 heteroatoms. The number of rotatable bonds is 3. The van der Waals surface area contributed by atoms with Crippen LogP contribution in [0.15, 0.2) is 0 Å². The monoisotopic (exact) mass is 214 g/mol. The summed E-state index contributed by atoms with van der Waals surface area (Å²) < 4.78 is 0. The van der Waals surface area contributed by atoms with Crippen LogP contribution in [0.3, 0.4) is 0 Å². The van der Waals surface area contributed by atoms with Gasteiger partial charge in [0.05, 0.1) is 13.1 Å². The summed E-state index contributed by atoms with van der Waals surface area (Å²) >= 11 is 0. The van der Waals surface area contributed by atoms with Gasteiger partial charge >= 0.3 is 6.03 Å². The second-order valence-electron chi connectivity index (χ2n) is 4.31. The molecule has 1 rings (SSSR count). The highest BCUT2D eigenvalue weighted by molar-refractivity contribution is 5.94. The lowest BCUT2D eigenvalue weighted by molar-refractivity contribution is -0.879. The smallest absolute Gasteiger partial charge is 0.321 e. The Morgan fingerprint density at radius 3 is 2.40 bits per heavy atom. The highest BCUT2D eigenvalue weighted by atomic mass is 16.2. The molecular weight excluding hydrogens is 194 g/mol. The molecule has 0 bridgehead atoms. The van der Waals surface area contributed by atoms with Crippen molar-refractivity contribution in [2.24, 2.45) is 0 Å². The minimum atomic E-state index is -0.395. The molecule has 15 heavy (non-hydrogen) atoms. The van der Waals surface area contributed by atoms with Crippen LogP contribution in [0.25, 0.3) is 0 Å². The lowest BCUT2D eigenvalue weighted by Gasteiger charge is -2.12. The fourth-order valence-corrected chi connectivity index (χ4v) is 1.75. The van der Waals surface area contributed by atoms with E-state index in [2.05, 4.69) is 10.6 Å². The van der Waals surface area contributed by atoms with Crippen LogP contribution in [0.4, 0.5) is 4.79 Å². The number of hydrogen-bond donors (Lipinski definition) is 3. The minimum absolute atomic E-state index is 0.0527. The molecule has 0 aromatic carbocycles. The van der Waals surface area contributed by atoms with Crippen molar-refractivity contribution in [3.05, 3.63) is 0 Å². The molecule has 0 unspecified atom stereocenters. The molecular formula is C10H20N3O2+. The van der Waals surface area contributed by atoms with Gasteiger partial charge in [-0.25, -0.2) is 4.79 Å². The predicted octanol–water partition coefficient (Wildman–Crippen LogP) is -1.10. The molecule has 0 radical (unpaired) electrons. The summed E-state index contributed by atoms with van der Waals surface area (Å²) in [5, 5.41) is 4.95. The van der Waals surface area contributed by atoms with E-state index in [1.165, 1.54) is 17.7 Å². The molecule has 0 aromatic heterocycles. The Bertz CT molecular complexity index is 235. The Balaban J connectivity index is 2.19. The van der Waals surface area contributed by atoms with Gasteiger partial charge in [-0.05, 0) is 13.8 Å². The van der Waals surface area contributed by atoms with Crippen molar-refractivity contribution in [3.8, 4) is 0 Å². The summed E-state index contributed by atoms with van der Waals surface area (Å²) in [5.74, 6) is -0.190. The number of amides is 3. The van der Waals surface area contributed by atoms with Crippen LogP contribution >= 0.6 is 0 Å². The molecule has 1 saturated heterocycles. The Morgan fingerprint density at radius 1 is 1.27 bits per heavy atom. The SMILES string of the molecule is CC(C)NC(=O)NC(=O)C[NH+]1CCCC1. The van der Waals surface area contributed by atoms with E-state index in [1.807, 2.05) is 13.8 Å². The minimum Gasteiger partial charge on any atom is -0.336 e. The molecule has 1 aliphatic rings. The van der Waals surface area contributed by atoms with Gasteiger partial charge in [0.2, 0.25) is 0 Å². The first-order valence-electron chi connectivity index (χ1n) is 5.52. The number of carbonyl (C=O) groups excluding carboxylic acids is 2. The molecule has 1 aliphatic heterocycles. The summed E-state index contributed by atoms with van der Waals surface area (Å²) in [6.07, 6.45) is 2.36. The molecule has 5 nitrogen and oxygen atoms in total. The van der Waals surface area contributed by atoms with Gasteiger partial charge in [0, 0.05) is 18.9 Å². The molecule has 86 valence electrons. The van der Waals surface area contributed by atoms with Gasteiger partial charge in [-0.3, -0.25) is 10.1 Å². The summed E-state index contributed by atoms with van der Waals surface area (Å²) in [7, 11) is 0. The summed E-state index contributed by atoms with van der Waals surface area (Å²) in [6.45, 7) is 6.20. The molecule has 0 aromatic rings. The zero-order chi connectivity index (χ0) is 11.3. The van der Waals surface area contributed by atoms with Gasteiger partial charge in [-0.1, -0.05) is 0 Å². The Labute approximate surface area is 90.2 Å². The summed E-state index contributed by atoms with van der Waals surface area (Å²) in [6, 6.07) is -0.342. The van der Waals surface area contributed by atoms with E-state index in [4.69, 9.17) is 0 Å². The number of quaternary nitrogens is 1. The van der Waals surface area contributed by atoms with Crippen molar-refractivity contribution in [3.63, 3.8) is 0 Å². The van der Waals surface area contributed by atoms with Crippen LogP contribution in [0.1, 0.15) is 26.7 Å². The first-order chi connectivity index (χ1) is 7.08. The van der Waals surface area contributed by atoms with Crippen molar-refractivity contribution in [2.75, 3.05) is 19.6 Å². The zero-order valence-electron chi connectivity index (χ0n) is 9.43. The predicted molar refractivity (Wildman–Crippen MR) is 56.6 cm³/mol. The lowest BCUT2D eigenvalue weighted by Crippen LogP contribution is -3.11. The highest BCUT2D eigenvalue weighted by Crippen LogP contribution is 1.86. The fourth-order valence-electron chi connectivity index (χ4n) is 1.75. The Hall–Kier alpha value is -1.10. The van der Waals surface area contributed by atoms with Crippen LogP contribution in [0.5, 0.6) is 0 Å². The third-order valence-electron chi connectivity index (χ3n) is 2.39. The number of carbonyl (C=O) groups is 2. The van der Waals surface area contributed by atoms with Gasteiger partial charge in [-0.2, -0.15) is 0 Å². The van der Waals surface area contributed by atoms with Crippen molar-refractivity contribution < 1.29 is 14.5 Å². The number of imide groups is 1. The fraction of sp³-hybridized carbons (Fsp3) is 0.800. The van der Waals surface area contributed by atoms with Gasteiger partial charge in [0.15, 0.2) is 6.54 Å². The number of urea groups is 1. The highest BCUT2D eigenvalue weighted by Gasteiger charge is 2.19. The van der Waals surface area contributed by atoms with E-state index in [9.17, 15) is 9.59 Å². The standard InChI is InChI=1S/C10H19N3O2/c1-8(2)11-10(15)12-9(14)7-13-5-3-4-6-13/h8H,3-7H2,1-2H3,(H2,11,12,14,15)/p+1. The quantitative estimate of drug-likeness (QED) is 0.558. The maximum absolute atomic E-state index is 11.4. The van der Waals surface area contributed by atoms with Gasteiger partial charge in [-0.15, -0.1) is 0 Å². The molecule has 1 heterocycles. The summed E-state index contributed by atoms with van der Waals surface area (Å²) in [4.78, 5) is 23.9. The Morgan fingerprint density at radius 2 is 1.87 bits per heavy atom. The molecule has 0 atom stereocenters. The van der Waals surface area contributed by atoms with Crippen molar-refractivity contribution >= 4 is 11.9 Å². The van der Waals surface area contributed by atoms with Gasteiger partial charge in [0.25, 0.3) is 5.91 Å². The van der Waals surface area contributed by atoms with Crippen LogP contribution in [-0.2, 0) is 4.79 Å². The van der Waals surface area contributed by atoms with E-state index >= 15 is 0 Å². The molecule has 3 amide bonds. The second kappa shape index (κ2) is 5.70. The van der Waals surface area contributed by atoms with E-state index in [0.717, 1.165) is 13.1 Å². The van der Waals surface area contributed by atoms with Gasteiger partial charge in [0.1, 0.15) is 0 Å². The first-order valence-corrected chi connectivity index (χ1v) is 5.52. The molecule has 1 fully saturated rings. The maximum atomic E-state index is 11.4. The normalized spacial score (nSPS) is 16.7. The largest absolute Gasteiger partial charge is 0.336 e. The zero-order valence-corrected chi connectivity index (χ0v) is 9.43. The Kier molecular flexibility index (Phi) is 4.55. The summed E-state index contributed by atoms with van der Waals surface area (Å²) in [5.41, 5.74) is 0. The second-order valence-corrected chi connectivity index (χ2v) is 4.31. The van der Waals surface area contributed by atoms with E-state index in [0.29, 0.717) is 6.54 Å². The first kappa shape index (κ1) is 12.0. The van der Waals surface area contributed by atoms with Crippen LogP contribution in [0, 0.1) is 0 Å². The third kappa shape index (κ3) is 4.78. The third-order valence-corrected chi connectivity index (χ3v) is 2.39. The number of hydrogen-bond acceptors (Lipinski definition) is 2. The van der Waals surface area contributed by atoms with E-state index in [1.54, 1.807) is 0 Å². The average Bonchev–Trinajstić information content (AvgIpc) is 2.53. The van der Waals surface area contributed by atoms with Crippen LogP contribution in [0.2, 0.25) is 0 Å². The topological polar surface area (TPSA) is 62.6 Å². The molecule has 0 saturated carbocycles. The lowest BCUT2D eigenvalue weighted by atomic mass is 10.4. The maximum Gasteiger partial charge on any atom is 0.321 e. The van der Waals surface area contributed by atoms with Gasteiger partial charge < -0.3 is 10.2 Å². The number of nitrogens with one attached hydrogen (secondary N) is 3. The molecule has 0 spiro atoms. The molecule has 3 N–H and O–H groups in total. The molecule has 0 aliphatic carbocycles. The van der Waals surface area contributed by atoms with E-state index in [-0.39, 0.29) is 11.9 Å². The average molecular weight is 214 g/mol. The van der Waals surface area contributed by atoms with Crippen LogP contribution in [-0.4, -0.2) is 37.6 Å². The van der Waals surface area contributed by atoms with E-state index < -0.39 is 6.03 Å². The van der Waals surface area contributed by atoms with Crippen molar-refractivity contribution in [2.45, 2.75) is 32.7 Å². The van der Waals surface area contributed by atoms with Crippen LogP contribution < -0.4 is 15.5 Å². The number of likely N-dealkylation sites (tertiary alicyclic amines) is 1.